The zero-order valence-corrected chi connectivity index (χ0v) is 6.68. The number of hydrogen-bond donors (Lipinski definition) is 0. The van der Waals surface area contributed by atoms with Crippen LogP contribution in [0.4, 0.5) is 0 Å². The lowest BCUT2D eigenvalue weighted by molar-refractivity contribution is 0.0606. The van der Waals surface area contributed by atoms with Gasteiger partial charge in [0, 0.05) is 6.07 Å². The SMILES string of the molecule is COC(=O)c1cc(=O)ccs1. The van der Waals surface area contributed by atoms with Gasteiger partial charge in [-0.15, -0.1) is 11.3 Å². The van der Waals surface area contributed by atoms with Crippen LogP contribution in [0.5, 0.6) is 0 Å². The van der Waals surface area contributed by atoms with E-state index in [1.165, 1.54) is 30.6 Å². The summed E-state index contributed by atoms with van der Waals surface area (Å²) in [7, 11) is 1.28. The maximum atomic E-state index is 10.8. The second-order valence-electron chi connectivity index (χ2n) is 1.82. The van der Waals surface area contributed by atoms with Crippen molar-refractivity contribution < 1.29 is 9.53 Å². The summed E-state index contributed by atoms with van der Waals surface area (Å²) in [6.45, 7) is 0. The molecule has 0 atom stereocenters. The smallest absolute Gasteiger partial charge is 0.348 e. The minimum absolute atomic E-state index is 0.177. The number of rotatable bonds is 1. The molecule has 4 heteroatoms. The molecule has 1 aromatic heterocycles. The molecule has 0 bridgehead atoms. The standard InChI is InChI=1S/C7H6O3S/c1-10-7(9)6-4-5(8)2-3-11-6/h2-4H,1H3. The third-order valence-electron chi connectivity index (χ3n) is 1.09. The van der Waals surface area contributed by atoms with Crippen molar-refractivity contribution in [2.45, 2.75) is 0 Å². The number of esters is 1. The summed E-state index contributed by atoms with van der Waals surface area (Å²) >= 11 is 1.18. The molecular formula is C7H6O3S. The van der Waals surface area contributed by atoms with Crippen molar-refractivity contribution in [2.24, 2.45) is 0 Å². The van der Waals surface area contributed by atoms with E-state index in [0.717, 1.165) is 0 Å². The summed E-state index contributed by atoms with van der Waals surface area (Å²) in [6.07, 6.45) is 0. The van der Waals surface area contributed by atoms with Crippen LogP contribution in [0.3, 0.4) is 0 Å². The predicted molar refractivity (Wildman–Crippen MR) is 41.9 cm³/mol. The molecule has 0 radical (unpaired) electrons. The zero-order valence-electron chi connectivity index (χ0n) is 5.87. The lowest BCUT2D eigenvalue weighted by atomic mass is 10.4. The summed E-state index contributed by atoms with van der Waals surface area (Å²) in [5.41, 5.74) is -0.177. The monoisotopic (exact) mass is 170 g/mol. The Hall–Kier alpha value is -1.16. The van der Waals surface area contributed by atoms with E-state index in [1.54, 1.807) is 5.38 Å². The van der Waals surface area contributed by atoms with Gasteiger partial charge in [0.05, 0.1) is 7.11 Å². The first-order valence-electron chi connectivity index (χ1n) is 2.91. The Morgan fingerprint density at radius 2 is 2.36 bits per heavy atom. The highest BCUT2D eigenvalue weighted by Crippen LogP contribution is 2.04. The van der Waals surface area contributed by atoms with Crippen LogP contribution in [0.2, 0.25) is 0 Å². The van der Waals surface area contributed by atoms with Crippen LogP contribution in [0.15, 0.2) is 22.3 Å². The van der Waals surface area contributed by atoms with Crippen molar-refractivity contribution in [1.29, 1.82) is 0 Å². The van der Waals surface area contributed by atoms with E-state index in [2.05, 4.69) is 4.74 Å². The Balaban J connectivity index is 3.05. The molecular weight excluding hydrogens is 164 g/mol. The number of carbonyl (C=O) groups is 1. The Bertz CT molecular complexity index is 315. The average molecular weight is 170 g/mol. The summed E-state index contributed by atoms with van der Waals surface area (Å²) < 4.78 is 4.42. The predicted octanol–water partition coefficient (Wildman–Crippen LogP) is 0.895. The fourth-order valence-electron chi connectivity index (χ4n) is 0.593. The van der Waals surface area contributed by atoms with Crippen LogP contribution in [-0.2, 0) is 4.74 Å². The van der Waals surface area contributed by atoms with Gasteiger partial charge in [0.25, 0.3) is 0 Å². The quantitative estimate of drug-likeness (QED) is 0.588. The molecule has 0 N–H and O–H groups in total. The molecule has 0 aliphatic rings. The van der Waals surface area contributed by atoms with E-state index in [-0.39, 0.29) is 5.43 Å². The third kappa shape index (κ3) is 1.88. The Kier molecular flexibility index (Phi) is 2.38. The molecule has 3 nitrogen and oxygen atoms in total. The molecule has 0 aliphatic carbocycles. The molecule has 0 saturated carbocycles. The Morgan fingerprint density at radius 1 is 1.64 bits per heavy atom. The van der Waals surface area contributed by atoms with Gasteiger partial charge in [-0.3, -0.25) is 4.79 Å². The first-order valence-corrected chi connectivity index (χ1v) is 3.79. The fourth-order valence-corrected chi connectivity index (χ4v) is 1.31. The summed E-state index contributed by atoms with van der Waals surface area (Å²) in [4.78, 5) is 21.9. The van der Waals surface area contributed by atoms with E-state index in [9.17, 15) is 9.59 Å². The van der Waals surface area contributed by atoms with Gasteiger partial charge in [-0.05, 0) is 11.4 Å². The average Bonchev–Trinajstić information content (AvgIpc) is 2.03. The van der Waals surface area contributed by atoms with Gasteiger partial charge >= 0.3 is 5.97 Å². The number of hydrogen-bond acceptors (Lipinski definition) is 4. The Morgan fingerprint density at radius 3 is 2.91 bits per heavy atom. The van der Waals surface area contributed by atoms with Gasteiger partial charge in [0.2, 0.25) is 0 Å². The van der Waals surface area contributed by atoms with E-state index in [4.69, 9.17) is 0 Å². The van der Waals surface area contributed by atoms with E-state index in [0.29, 0.717) is 4.88 Å². The third-order valence-corrected chi connectivity index (χ3v) is 1.90. The summed E-state index contributed by atoms with van der Waals surface area (Å²) in [5.74, 6) is -0.465. The van der Waals surface area contributed by atoms with Crippen molar-refractivity contribution in [3.63, 3.8) is 0 Å². The molecule has 0 aliphatic heterocycles. The van der Waals surface area contributed by atoms with Gasteiger partial charge in [-0.2, -0.15) is 0 Å². The van der Waals surface area contributed by atoms with Gasteiger partial charge in [0.1, 0.15) is 4.88 Å². The van der Waals surface area contributed by atoms with Crippen LogP contribution in [-0.4, -0.2) is 13.1 Å². The van der Waals surface area contributed by atoms with Crippen molar-refractivity contribution in [3.8, 4) is 0 Å². The molecule has 0 fully saturated rings. The molecule has 0 saturated heterocycles. The van der Waals surface area contributed by atoms with Gasteiger partial charge in [-0.25, -0.2) is 4.79 Å². The fraction of sp³-hybridized carbons (Fsp3) is 0.143. The van der Waals surface area contributed by atoms with Crippen molar-refractivity contribution in [1.82, 2.24) is 0 Å². The minimum atomic E-state index is -0.465. The molecule has 0 spiro atoms. The molecule has 0 amide bonds. The first kappa shape index (κ1) is 7.94. The van der Waals surface area contributed by atoms with Crippen LogP contribution in [0.25, 0.3) is 0 Å². The maximum absolute atomic E-state index is 10.8. The van der Waals surface area contributed by atoms with E-state index in [1.807, 2.05) is 0 Å². The van der Waals surface area contributed by atoms with Gasteiger partial charge < -0.3 is 4.74 Å². The molecule has 1 aromatic rings. The van der Waals surface area contributed by atoms with E-state index < -0.39 is 5.97 Å². The number of carbonyl (C=O) groups excluding carboxylic acids is 1. The summed E-state index contributed by atoms with van der Waals surface area (Å²) in [5, 5.41) is 1.56. The Labute approximate surface area is 67.2 Å². The molecule has 1 rings (SSSR count). The lowest BCUT2D eigenvalue weighted by Gasteiger charge is -1.94. The molecule has 0 unspecified atom stereocenters. The minimum Gasteiger partial charge on any atom is -0.465 e. The normalized spacial score (nSPS) is 9.18. The maximum Gasteiger partial charge on any atom is 0.348 e. The van der Waals surface area contributed by atoms with Gasteiger partial charge in [0.15, 0.2) is 5.43 Å². The molecule has 1 heterocycles. The number of ether oxygens (including phenoxy) is 1. The topological polar surface area (TPSA) is 43.4 Å². The van der Waals surface area contributed by atoms with Crippen LogP contribution in [0.1, 0.15) is 9.67 Å². The highest BCUT2D eigenvalue weighted by molar-refractivity contribution is 7.11. The van der Waals surface area contributed by atoms with Crippen molar-refractivity contribution >= 4 is 17.3 Å². The molecule has 0 aromatic carbocycles. The molecule has 11 heavy (non-hydrogen) atoms. The van der Waals surface area contributed by atoms with E-state index >= 15 is 0 Å². The highest BCUT2D eigenvalue weighted by Gasteiger charge is 2.04. The second-order valence-corrected chi connectivity index (χ2v) is 2.77. The summed E-state index contributed by atoms with van der Waals surface area (Å²) in [6, 6.07) is 2.66. The lowest BCUT2D eigenvalue weighted by Crippen LogP contribution is -2.04. The first-order chi connectivity index (χ1) is 5.24. The highest BCUT2D eigenvalue weighted by atomic mass is 32.1. The number of methoxy groups -OCH3 is 1. The van der Waals surface area contributed by atoms with Crippen LogP contribution in [0, 0.1) is 0 Å². The largest absolute Gasteiger partial charge is 0.465 e. The van der Waals surface area contributed by atoms with Crippen LogP contribution < -0.4 is 5.43 Å². The zero-order chi connectivity index (χ0) is 8.27. The van der Waals surface area contributed by atoms with Crippen molar-refractivity contribution in [3.05, 3.63) is 32.6 Å². The van der Waals surface area contributed by atoms with Gasteiger partial charge in [-0.1, -0.05) is 0 Å². The molecule has 58 valence electrons. The van der Waals surface area contributed by atoms with Crippen molar-refractivity contribution in [2.75, 3.05) is 7.11 Å². The van der Waals surface area contributed by atoms with Crippen LogP contribution >= 0.6 is 11.3 Å². The second kappa shape index (κ2) is 3.30.